The van der Waals surface area contributed by atoms with Crippen LogP contribution >= 0.6 is 0 Å². The highest BCUT2D eigenvalue weighted by Gasteiger charge is 2.68. The minimum atomic E-state index is -3.15. The monoisotopic (exact) mass is 328 g/mol. The summed E-state index contributed by atoms with van der Waals surface area (Å²) in [4.78, 5) is 20.3. The topological polar surface area (TPSA) is 141 Å². The zero-order chi connectivity index (χ0) is 17.0. The number of anilines is 1. The van der Waals surface area contributed by atoms with E-state index in [0.717, 1.165) is 10.9 Å². The van der Waals surface area contributed by atoms with E-state index in [1.165, 1.54) is 0 Å². The second-order valence-electron chi connectivity index (χ2n) is 5.04. The molecule has 9 nitrogen and oxygen atoms in total. The fourth-order valence-corrected chi connectivity index (χ4v) is 2.53. The van der Waals surface area contributed by atoms with E-state index in [9.17, 15) is 14.3 Å². The molecule has 0 bridgehead atoms. The minimum absolute atomic E-state index is 0.0861. The van der Waals surface area contributed by atoms with E-state index in [4.69, 9.17) is 22.0 Å². The molecule has 2 aromatic heterocycles. The summed E-state index contributed by atoms with van der Waals surface area (Å²) in [6.07, 6.45) is 1.77. The Kier molecular flexibility index (Phi) is 3.15. The van der Waals surface area contributed by atoms with Crippen molar-refractivity contribution in [1.29, 1.82) is 0 Å². The smallest absolute Gasteiger partial charge is 0.322 e. The zero-order valence-electron chi connectivity index (χ0n) is 11.5. The third kappa shape index (κ3) is 1.86. The number of nitrogens with one attached hydrogen (secondary N) is 2. The van der Waals surface area contributed by atoms with E-state index in [-0.39, 0.29) is 11.2 Å². The molecule has 0 saturated carbocycles. The minimum Gasteiger partial charge on any atom is -0.390 e. The number of nitrogens with zero attached hydrogens (tertiary/aromatic N) is 2. The van der Waals surface area contributed by atoms with Crippen molar-refractivity contribution in [2.45, 2.75) is 23.9 Å². The number of terminal acetylenes is 1. The standard InChI is InChI=1S/C12H11F2N5O4/c1-2-11(13)8(22)12(14,3-20)23-9(11)19-6-5(16-4-17-6)7(21)18-10(19)15/h1,4,8-9,20,22H,3H2,(H3,15,16,17,18,21)/p+1/t8-,9+,11+,12+/m0/s1. The molecule has 2 aromatic rings. The first kappa shape index (κ1) is 15.3. The van der Waals surface area contributed by atoms with Crippen molar-refractivity contribution >= 4 is 17.1 Å². The number of hydrogen-bond donors (Lipinski definition) is 5. The van der Waals surface area contributed by atoms with Crippen molar-refractivity contribution in [2.75, 3.05) is 12.3 Å². The maximum absolute atomic E-state index is 15.0. The number of aromatic amines is 2. The van der Waals surface area contributed by atoms with Gasteiger partial charge in [0.15, 0.2) is 17.9 Å². The van der Waals surface area contributed by atoms with E-state index >= 15 is 4.39 Å². The van der Waals surface area contributed by atoms with Crippen LogP contribution in [-0.4, -0.2) is 49.4 Å². The molecule has 0 aliphatic carbocycles. The van der Waals surface area contributed by atoms with Gasteiger partial charge in [-0.25, -0.2) is 13.8 Å². The first-order chi connectivity index (χ1) is 10.8. The van der Waals surface area contributed by atoms with Crippen LogP contribution < -0.4 is 15.9 Å². The number of ether oxygens (including phenoxy) is 1. The van der Waals surface area contributed by atoms with Crippen LogP contribution in [0.1, 0.15) is 6.23 Å². The van der Waals surface area contributed by atoms with Crippen molar-refractivity contribution in [3.63, 3.8) is 0 Å². The molecular weight excluding hydrogens is 316 g/mol. The molecule has 0 amide bonds. The van der Waals surface area contributed by atoms with Crippen LogP contribution in [0.3, 0.4) is 0 Å². The van der Waals surface area contributed by atoms with Crippen molar-refractivity contribution in [3.8, 4) is 12.3 Å². The second kappa shape index (κ2) is 4.72. The van der Waals surface area contributed by atoms with Crippen LogP contribution in [0.5, 0.6) is 0 Å². The molecular formula is C12H12F2N5O4+. The molecule has 0 spiro atoms. The molecule has 122 valence electrons. The lowest BCUT2D eigenvalue weighted by molar-refractivity contribution is -0.740. The Morgan fingerprint density at radius 2 is 2.30 bits per heavy atom. The number of aliphatic hydroxyl groups excluding tert-OH is 2. The Balaban J connectivity index is 2.29. The molecule has 3 heterocycles. The third-order valence-corrected chi connectivity index (χ3v) is 3.72. The average Bonchev–Trinajstić information content (AvgIpc) is 3.08. The van der Waals surface area contributed by atoms with Gasteiger partial charge in [-0.2, -0.15) is 4.57 Å². The number of aliphatic hydroxyl groups is 2. The molecule has 1 aliphatic rings. The molecule has 0 unspecified atom stereocenters. The van der Waals surface area contributed by atoms with E-state index in [1.54, 1.807) is 5.92 Å². The summed E-state index contributed by atoms with van der Waals surface area (Å²) in [7, 11) is 0. The van der Waals surface area contributed by atoms with Crippen LogP contribution in [0.25, 0.3) is 11.2 Å². The summed E-state index contributed by atoms with van der Waals surface area (Å²) in [6, 6.07) is 0. The van der Waals surface area contributed by atoms with Crippen LogP contribution in [-0.2, 0) is 4.74 Å². The normalized spacial score (nSPS) is 33.9. The third-order valence-electron chi connectivity index (χ3n) is 3.72. The summed E-state index contributed by atoms with van der Waals surface area (Å²) in [5.41, 5.74) is 1.68. The number of fused-ring (bicyclic) bond motifs is 1. The summed E-state index contributed by atoms with van der Waals surface area (Å²) in [6.45, 7) is -1.34. The first-order valence-corrected chi connectivity index (χ1v) is 6.37. The lowest BCUT2D eigenvalue weighted by Crippen LogP contribution is -2.55. The quantitative estimate of drug-likeness (QED) is 0.319. The predicted octanol–water partition coefficient (Wildman–Crippen LogP) is -1.99. The largest absolute Gasteiger partial charge is 0.390 e. The van der Waals surface area contributed by atoms with Gasteiger partial charge in [0.2, 0.25) is 6.23 Å². The van der Waals surface area contributed by atoms with Gasteiger partial charge in [-0.1, -0.05) is 5.92 Å². The summed E-state index contributed by atoms with van der Waals surface area (Å²) >= 11 is 0. The van der Waals surface area contributed by atoms with Gasteiger partial charge in [-0.05, 0) is 0 Å². The van der Waals surface area contributed by atoms with Crippen LogP contribution in [0, 0.1) is 12.3 Å². The molecule has 0 aromatic carbocycles. The highest BCUT2D eigenvalue weighted by molar-refractivity contribution is 5.65. The van der Waals surface area contributed by atoms with E-state index in [0.29, 0.717) is 0 Å². The van der Waals surface area contributed by atoms with Gasteiger partial charge < -0.3 is 25.7 Å². The highest BCUT2D eigenvalue weighted by atomic mass is 19.2. The molecule has 3 rings (SSSR count). The van der Waals surface area contributed by atoms with Gasteiger partial charge >= 0.3 is 11.5 Å². The number of hydrogen-bond acceptors (Lipinski definition) is 6. The Morgan fingerprint density at radius 3 is 2.91 bits per heavy atom. The molecule has 6 N–H and O–H groups in total. The van der Waals surface area contributed by atoms with Gasteiger partial charge in [0.1, 0.15) is 6.61 Å². The zero-order valence-corrected chi connectivity index (χ0v) is 11.5. The highest BCUT2D eigenvalue weighted by Crippen LogP contribution is 2.45. The molecule has 1 saturated heterocycles. The van der Waals surface area contributed by atoms with E-state index < -0.39 is 42.0 Å². The van der Waals surface area contributed by atoms with Gasteiger partial charge in [-0.3, -0.25) is 4.79 Å². The maximum atomic E-state index is 15.0. The van der Waals surface area contributed by atoms with Gasteiger partial charge in [0.25, 0.3) is 17.2 Å². The second-order valence-corrected chi connectivity index (χ2v) is 5.04. The fraction of sp³-hybridized carbons (Fsp3) is 0.417. The lowest BCUT2D eigenvalue weighted by atomic mass is 9.96. The van der Waals surface area contributed by atoms with Crippen LogP contribution in [0.4, 0.5) is 14.7 Å². The van der Waals surface area contributed by atoms with Crippen molar-refractivity contribution in [3.05, 3.63) is 16.7 Å². The number of imidazole rings is 1. The van der Waals surface area contributed by atoms with Crippen molar-refractivity contribution in [2.24, 2.45) is 0 Å². The number of rotatable bonds is 2. The molecule has 11 heteroatoms. The van der Waals surface area contributed by atoms with Gasteiger partial charge in [0, 0.05) is 0 Å². The summed E-state index contributed by atoms with van der Waals surface area (Å²) in [5.74, 6) is -1.95. The van der Waals surface area contributed by atoms with E-state index in [2.05, 4.69) is 15.0 Å². The SMILES string of the molecule is C#C[C@]1(F)[C@H]([n+]2c(N)[nH]c(=O)c3[nH]cnc32)O[C@](F)(CO)[C@H]1O. The Bertz CT molecular complexity index is 876. The number of alkyl halides is 2. The number of aromatic nitrogens is 4. The molecule has 4 atom stereocenters. The van der Waals surface area contributed by atoms with Gasteiger partial charge in [0.05, 0.1) is 0 Å². The molecule has 0 radical (unpaired) electrons. The predicted molar refractivity (Wildman–Crippen MR) is 71.0 cm³/mol. The van der Waals surface area contributed by atoms with Crippen molar-refractivity contribution in [1.82, 2.24) is 15.0 Å². The molecule has 23 heavy (non-hydrogen) atoms. The van der Waals surface area contributed by atoms with Crippen molar-refractivity contribution < 1.29 is 28.3 Å². The first-order valence-electron chi connectivity index (χ1n) is 6.37. The number of halogens is 2. The number of nitrogens with two attached hydrogens (primary N) is 1. The van der Waals surface area contributed by atoms with Crippen LogP contribution in [0.2, 0.25) is 0 Å². The molecule has 1 aliphatic heterocycles. The summed E-state index contributed by atoms with van der Waals surface area (Å²) < 4.78 is 35.0. The van der Waals surface area contributed by atoms with E-state index in [1.807, 2.05) is 0 Å². The lowest BCUT2D eigenvalue weighted by Gasteiger charge is -2.22. The number of H-pyrrole nitrogens is 2. The van der Waals surface area contributed by atoms with Crippen LogP contribution in [0.15, 0.2) is 11.1 Å². The average molecular weight is 328 g/mol. The number of nitrogen functional groups attached to an aromatic ring is 1. The Morgan fingerprint density at radius 1 is 1.61 bits per heavy atom. The molecule has 1 fully saturated rings. The fourth-order valence-electron chi connectivity index (χ4n) is 2.53. The Labute approximate surface area is 126 Å². The Hall–Kier alpha value is -2.55. The maximum Gasteiger partial charge on any atom is 0.322 e. The summed E-state index contributed by atoms with van der Waals surface area (Å²) in [5, 5.41) is 18.9. The van der Waals surface area contributed by atoms with Gasteiger partial charge in [-0.15, -0.1) is 11.4 Å².